The number of carbonyl (C=O) groups excluding carboxylic acids is 2. The third-order valence-electron chi connectivity index (χ3n) is 3.99. The number of alkyl halides is 1. The molecule has 2 unspecified atom stereocenters. The second-order valence-electron chi connectivity index (χ2n) is 5.42. The predicted octanol–water partition coefficient (Wildman–Crippen LogP) is 2.41. The van der Waals surface area contributed by atoms with Gasteiger partial charge in [0.15, 0.2) is 0 Å². The average Bonchev–Trinajstić information content (AvgIpc) is 3.04. The molecule has 0 aromatic carbocycles. The van der Waals surface area contributed by atoms with E-state index in [0.29, 0.717) is 18.3 Å². The summed E-state index contributed by atoms with van der Waals surface area (Å²) < 4.78 is 0. The Hall–Kier alpha value is -0.940. The van der Waals surface area contributed by atoms with Crippen molar-refractivity contribution in [2.75, 3.05) is 0 Å². The molecule has 0 bridgehead atoms. The molecule has 1 aromatic rings. The number of hydrogen-bond donors (Lipinski definition) is 0. The van der Waals surface area contributed by atoms with Crippen molar-refractivity contribution in [2.24, 2.45) is 17.8 Å². The van der Waals surface area contributed by atoms with Gasteiger partial charge in [-0.05, 0) is 18.8 Å². The Kier molecular flexibility index (Phi) is 3.35. The van der Waals surface area contributed by atoms with Crippen molar-refractivity contribution in [1.29, 1.82) is 0 Å². The molecule has 1 aliphatic heterocycles. The van der Waals surface area contributed by atoms with Crippen LogP contribution in [0.25, 0.3) is 0 Å². The molecule has 2 atom stereocenters. The summed E-state index contributed by atoms with van der Waals surface area (Å²) in [6.45, 7) is 2.41. The van der Waals surface area contributed by atoms with Crippen molar-refractivity contribution >= 4 is 34.8 Å². The number of rotatable bonds is 3. The number of amides is 2. The van der Waals surface area contributed by atoms with E-state index in [1.54, 1.807) is 0 Å². The highest BCUT2D eigenvalue weighted by molar-refractivity contribution is 7.09. The first-order valence-electron chi connectivity index (χ1n) is 6.44. The Morgan fingerprint density at radius 3 is 2.53 bits per heavy atom. The Bertz CT molecular complexity index is 506. The largest absolute Gasteiger partial charge is 0.275 e. The zero-order valence-corrected chi connectivity index (χ0v) is 12.2. The topological polar surface area (TPSA) is 50.3 Å². The zero-order chi connectivity index (χ0) is 13.6. The van der Waals surface area contributed by atoms with Gasteiger partial charge in [-0.15, -0.1) is 22.9 Å². The number of thiazole rings is 1. The van der Waals surface area contributed by atoms with Crippen LogP contribution in [0.15, 0.2) is 5.38 Å². The lowest BCUT2D eigenvalue weighted by atomic mass is 10.00. The van der Waals surface area contributed by atoms with Gasteiger partial charge in [0.1, 0.15) is 5.01 Å². The molecule has 2 aliphatic rings. The molecule has 4 nitrogen and oxygen atoms in total. The van der Waals surface area contributed by atoms with Gasteiger partial charge >= 0.3 is 0 Å². The first-order valence-corrected chi connectivity index (χ1v) is 7.86. The normalized spacial score (nSPS) is 30.2. The molecule has 1 saturated carbocycles. The quantitative estimate of drug-likeness (QED) is 0.636. The van der Waals surface area contributed by atoms with Gasteiger partial charge in [0.05, 0.1) is 30.0 Å². The lowest BCUT2D eigenvalue weighted by Gasteiger charge is -2.15. The van der Waals surface area contributed by atoms with Crippen molar-refractivity contribution in [2.45, 2.75) is 32.2 Å². The van der Waals surface area contributed by atoms with Crippen molar-refractivity contribution in [3.05, 3.63) is 16.1 Å². The highest BCUT2D eigenvalue weighted by Crippen LogP contribution is 2.43. The van der Waals surface area contributed by atoms with Crippen LogP contribution in [0.4, 0.5) is 0 Å². The van der Waals surface area contributed by atoms with Gasteiger partial charge in [0.25, 0.3) is 0 Å². The van der Waals surface area contributed by atoms with Crippen LogP contribution in [0.5, 0.6) is 0 Å². The predicted molar refractivity (Wildman–Crippen MR) is 72.6 cm³/mol. The minimum atomic E-state index is -0.0880. The highest BCUT2D eigenvalue weighted by atomic mass is 35.5. The SMILES string of the molecule is CC1CC2C(=O)N(Cc3nc(CCl)cs3)C(=O)C2C1. The molecule has 2 heterocycles. The molecule has 2 fully saturated rings. The summed E-state index contributed by atoms with van der Waals surface area (Å²) in [5.74, 6) is 0.642. The second-order valence-corrected chi connectivity index (χ2v) is 6.63. The van der Waals surface area contributed by atoms with Crippen LogP contribution in [-0.2, 0) is 22.0 Å². The molecule has 1 saturated heterocycles. The summed E-state index contributed by atoms with van der Waals surface area (Å²) in [7, 11) is 0. The van der Waals surface area contributed by atoms with Gasteiger partial charge < -0.3 is 0 Å². The Labute approximate surface area is 120 Å². The first-order chi connectivity index (χ1) is 9.10. The smallest absolute Gasteiger partial charge is 0.233 e. The molecule has 3 rings (SSSR count). The number of fused-ring (bicyclic) bond motifs is 1. The molecule has 19 heavy (non-hydrogen) atoms. The third-order valence-corrected chi connectivity index (χ3v) is 5.15. The molecule has 1 aromatic heterocycles. The molecule has 102 valence electrons. The van der Waals surface area contributed by atoms with Crippen molar-refractivity contribution in [1.82, 2.24) is 9.88 Å². The highest BCUT2D eigenvalue weighted by Gasteiger charge is 2.51. The van der Waals surface area contributed by atoms with E-state index in [2.05, 4.69) is 11.9 Å². The van der Waals surface area contributed by atoms with Gasteiger partial charge in [-0.25, -0.2) is 4.98 Å². The van der Waals surface area contributed by atoms with E-state index in [9.17, 15) is 9.59 Å². The Morgan fingerprint density at radius 2 is 2.00 bits per heavy atom. The number of likely N-dealkylation sites (tertiary alicyclic amines) is 1. The fourth-order valence-corrected chi connectivity index (χ4v) is 4.13. The van der Waals surface area contributed by atoms with E-state index in [4.69, 9.17) is 11.6 Å². The molecular formula is C13H15ClN2O2S. The Morgan fingerprint density at radius 1 is 1.37 bits per heavy atom. The molecule has 0 spiro atoms. The van der Waals surface area contributed by atoms with Crippen molar-refractivity contribution in [3.8, 4) is 0 Å². The third kappa shape index (κ3) is 2.19. The van der Waals surface area contributed by atoms with Crippen LogP contribution in [0.1, 0.15) is 30.5 Å². The summed E-state index contributed by atoms with van der Waals surface area (Å²) in [4.78, 5) is 30.3. The average molecular weight is 299 g/mol. The van der Waals surface area contributed by atoms with Gasteiger partial charge in [0.2, 0.25) is 11.8 Å². The number of carbonyl (C=O) groups is 2. The van der Waals surface area contributed by atoms with Crippen LogP contribution >= 0.6 is 22.9 Å². The molecular weight excluding hydrogens is 284 g/mol. The summed E-state index contributed by atoms with van der Waals surface area (Å²) in [6, 6.07) is 0. The molecule has 6 heteroatoms. The van der Waals surface area contributed by atoms with Crippen molar-refractivity contribution in [3.63, 3.8) is 0 Å². The first kappa shape index (κ1) is 13.1. The molecule has 1 aliphatic carbocycles. The lowest BCUT2D eigenvalue weighted by molar-refractivity contribution is -0.141. The van der Waals surface area contributed by atoms with Gasteiger partial charge in [-0.3, -0.25) is 14.5 Å². The summed E-state index contributed by atoms with van der Waals surface area (Å²) >= 11 is 7.16. The van der Waals surface area contributed by atoms with E-state index in [-0.39, 0.29) is 23.7 Å². The maximum Gasteiger partial charge on any atom is 0.233 e. The van der Waals surface area contributed by atoms with Crippen LogP contribution < -0.4 is 0 Å². The summed E-state index contributed by atoms with van der Waals surface area (Å²) in [6.07, 6.45) is 1.69. The second kappa shape index (κ2) is 4.87. The standard InChI is InChI=1S/C13H15ClN2O2S/c1-7-2-9-10(3-7)13(18)16(12(9)17)5-11-15-8(4-14)6-19-11/h6-7,9-10H,2-5H2,1H3. The monoisotopic (exact) mass is 298 g/mol. The number of nitrogens with zero attached hydrogens (tertiary/aromatic N) is 2. The molecule has 2 amide bonds. The fraction of sp³-hybridized carbons (Fsp3) is 0.615. The van der Waals surface area contributed by atoms with Crippen LogP contribution in [0.2, 0.25) is 0 Å². The lowest BCUT2D eigenvalue weighted by Crippen LogP contribution is -2.31. The summed E-state index contributed by atoms with van der Waals surface area (Å²) in [5, 5.41) is 2.65. The van der Waals surface area contributed by atoms with Crippen LogP contribution in [0.3, 0.4) is 0 Å². The summed E-state index contributed by atoms with van der Waals surface area (Å²) in [5.41, 5.74) is 0.801. The van der Waals surface area contributed by atoms with E-state index < -0.39 is 0 Å². The Balaban J connectivity index is 1.76. The number of halogens is 1. The van der Waals surface area contributed by atoms with E-state index in [0.717, 1.165) is 23.5 Å². The number of hydrogen-bond acceptors (Lipinski definition) is 4. The van der Waals surface area contributed by atoms with Gasteiger partial charge in [-0.2, -0.15) is 0 Å². The van der Waals surface area contributed by atoms with Crippen LogP contribution in [0, 0.1) is 17.8 Å². The number of aromatic nitrogens is 1. The van der Waals surface area contributed by atoms with E-state index in [1.165, 1.54) is 16.2 Å². The fourth-order valence-electron chi connectivity index (χ4n) is 3.12. The van der Waals surface area contributed by atoms with Crippen molar-refractivity contribution < 1.29 is 9.59 Å². The van der Waals surface area contributed by atoms with Gasteiger partial charge in [0, 0.05) is 5.38 Å². The van der Waals surface area contributed by atoms with E-state index in [1.807, 2.05) is 5.38 Å². The number of imide groups is 1. The van der Waals surface area contributed by atoms with Crippen LogP contribution in [-0.4, -0.2) is 21.7 Å². The van der Waals surface area contributed by atoms with Gasteiger partial charge in [-0.1, -0.05) is 6.92 Å². The minimum absolute atomic E-state index is 0.0121. The zero-order valence-electron chi connectivity index (χ0n) is 10.6. The maximum atomic E-state index is 12.3. The van der Waals surface area contributed by atoms with E-state index >= 15 is 0 Å². The minimum Gasteiger partial charge on any atom is -0.275 e. The molecule has 0 radical (unpaired) electrons. The molecule has 0 N–H and O–H groups in total. The maximum absolute atomic E-state index is 12.3.